The third kappa shape index (κ3) is 76.5. The van der Waals surface area contributed by atoms with E-state index in [0.29, 0.717) is 0 Å². The monoisotopic (exact) mass is 932 g/mol. The van der Waals surface area contributed by atoms with Crippen LogP contribution in [-0.4, -0.2) is 30.7 Å². The number of amides is 1. The largest absolute Gasteiger partial charge is 0.184 e. The minimum Gasteiger partial charge on any atom is -0.184 e. The van der Waals surface area contributed by atoms with Crippen molar-refractivity contribution < 1.29 is 47.2 Å². The standard InChI is InChI=1S/C8H15O.C6H5.C4H9NO.4C2H6.3HI.V.Y/c1-5-6-8(3,4)7(2)9;1-2-4-6-5-3-1;1-4(6)5(2)3;4*1-2;;;;;/h1,5-6H2,2-4H3;1-5H;1-3H3;4*1-2H3;3*1H;;/q2*-1;;;;;;;;;+3;/p-3. The fraction of sp³-hybridized carbons (Fsp3) is 0.654. The van der Waals surface area contributed by atoms with Crippen LogP contribution in [0.15, 0.2) is 30.3 Å². The van der Waals surface area contributed by atoms with Crippen molar-refractivity contribution in [3.8, 4) is 0 Å². The predicted molar refractivity (Wildman–Crippen MR) is 176 cm³/mol. The SMILES string of the molecule is CC.CC.CC.CC.CC(=O)N(C)C.[CH2-]CCC(C)(C)C(C)=O.[I][V]([I])[I].[Y].[c-]1ccccc1. The van der Waals surface area contributed by atoms with Crippen LogP contribution in [0.4, 0.5) is 0 Å². The Kier molecular flexibility index (Phi) is 86.0. The summed E-state index contributed by atoms with van der Waals surface area (Å²) in [7, 11) is 3.45. The van der Waals surface area contributed by atoms with Crippen molar-refractivity contribution in [3.05, 3.63) is 43.3 Å². The zero-order valence-corrected chi connectivity index (χ0v) is 35.1. The first-order valence-corrected chi connectivity index (χ1v) is 25.1. The summed E-state index contributed by atoms with van der Waals surface area (Å²) in [5, 5.41) is 0. The fourth-order valence-electron chi connectivity index (χ4n) is 0.960. The van der Waals surface area contributed by atoms with E-state index in [4.69, 9.17) is 0 Å². The maximum absolute atomic E-state index is 10.8. The van der Waals surface area contributed by atoms with Gasteiger partial charge in [-0.1, -0.05) is 75.7 Å². The van der Waals surface area contributed by atoms with Crippen molar-refractivity contribution in [3.63, 3.8) is 0 Å². The normalized spacial score (nSPS) is 7.62. The molecule has 1 radical (unpaired) electrons. The molecule has 0 unspecified atom stereocenters. The van der Waals surface area contributed by atoms with E-state index in [1.165, 1.54) is 11.8 Å². The molecule has 1 amide bonds. The summed E-state index contributed by atoms with van der Waals surface area (Å²) >= 11 is 7.39. The number of benzene rings is 1. The molecule has 0 bridgehead atoms. The third-order valence-corrected chi connectivity index (χ3v) is 2.99. The minimum absolute atomic E-state index is 0. The van der Waals surface area contributed by atoms with Crippen molar-refractivity contribution in [1.82, 2.24) is 4.90 Å². The molecular weight excluding hydrogens is 879 g/mol. The molecule has 0 saturated heterocycles. The molecule has 0 aliphatic rings. The van der Waals surface area contributed by atoms with Gasteiger partial charge in [0.25, 0.3) is 0 Å². The second kappa shape index (κ2) is 51.8. The van der Waals surface area contributed by atoms with Crippen LogP contribution in [0.2, 0.25) is 0 Å². The van der Waals surface area contributed by atoms with Crippen molar-refractivity contribution >= 4 is 71.6 Å². The fourth-order valence-corrected chi connectivity index (χ4v) is 0.960. The van der Waals surface area contributed by atoms with Gasteiger partial charge in [0, 0.05) is 59.1 Å². The van der Waals surface area contributed by atoms with Crippen LogP contribution in [0.25, 0.3) is 0 Å². The van der Waals surface area contributed by atoms with E-state index in [2.05, 4.69) is 72.9 Å². The molecule has 34 heavy (non-hydrogen) atoms. The summed E-state index contributed by atoms with van der Waals surface area (Å²) < 4.78 is 0. The first-order valence-electron chi connectivity index (χ1n) is 11.5. The number of nitrogens with zero attached hydrogens (tertiary/aromatic N) is 1. The van der Waals surface area contributed by atoms with Crippen molar-refractivity contribution in [2.45, 2.75) is 95.9 Å². The molecule has 0 N–H and O–H groups in total. The summed E-state index contributed by atoms with van der Waals surface area (Å²) in [6, 6.07) is 12.5. The van der Waals surface area contributed by atoms with Gasteiger partial charge in [-0.3, -0.25) is 9.59 Å². The summed E-state index contributed by atoms with van der Waals surface area (Å²) in [6.07, 6.45) is 1.73. The maximum atomic E-state index is 10.8. The van der Waals surface area contributed by atoms with Gasteiger partial charge in [-0.25, -0.2) is 0 Å². The van der Waals surface area contributed by atoms with Crippen molar-refractivity contribution in [1.29, 1.82) is 0 Å². The van der Waals surface area contributed by atoms with Gasteiger partial charge < -0.3 is 11.8 Å². The first-order chi connectivity index (χ1) is 15.4. The minimum atomic E-state index is -0.278. The molecule has 0 saturated carbocycles. The number of Topliss-reactive ketones (excluding diaryl/α,β-unsaturated/α-hetero) is 1. The summed E-state index contributed by atoms with van der Waals surface area (Å²) in [5.41, 5.74) is -0.151. The molecule has 1 aromatic carbocycles. The van der Waals surface area contributed by atoms with E-state index in [1.54, 1.807) is 21.0 Å². The molecule has 3 nitrogen and oxygen atoms in total. The Labute approximate surface area is 278 Å². The van der Waals surface area contributed by atoms with E-state index in [-0.39, 0.29) is 54.7 Å². The molecule has 0 aliphatic heterocycles. The van der Waals surface area contributed by atoms with Gasteiger partial charge in [0.2, 0.25) is 5.91 Å². The molecule has 0 heterocycles. The molecule has 0 aromatic heterocycles. The summed E-state index contributed by atoms with van der Waals surface area (Å²) in [5.74, 6) is 0.348. The Hall–Kier alpha value is 2.24. The van der Waals surface area contributed by atoms with Gasteiger partial charge in [-0.05, 0) is 6.92 Å². The Morgan fingerprint density at radius 3 is 1.18 bits per heavy atom. The van der Waals surface area contributed by atoms with E-state index in [0.717, 1.165) is 12.8 Å². The number of hydrogen-bond donors (Lipinski definition) is 0. The van der Waals surface area contributed by atoms with E-state index >= 15 is 0 Å². The van der Waals surface area contributed by atoms with Gasteiger partial charge in [0.15, 0.2) is 0 Å². The predicted octanol–water partition coefficient (Wildman–Crippen LogP) is 10.6. The van der Waals surface area contributed by atoms with Crippen LogP contribution < -0.4 is 0 Å². The third-order valence-electron chi connectivity index (χ3n) is 2.99. The average Bonchev–Trinajstić information content (AvgIpc) is 2.81. The second-order valence-electron chi connectivity index (χ2n) is 5.73. The summed E-state index contributed by atoms with van der Waals surface area (Å²) in [6.45, 7) is 26.8. The molecular formula is C26H53I3NO2VY-2. The molecule has 0 fully saturated rings. The average molecular weight is 932 g/mol. The molecule has 1 aromatic rings. The van der Waals surface area contributed by atoms with Crippen LogP contribution in [0.3, 0.4) is 0 Å². The maximum Gasteiger partial charge on any atom is 0 e. The smallest absolute Gasteiger partial charge is 0 e. The molecule has 0 aliphatic carbocycles. The van der Waals surface area contributed by atoms with Crippen LogP contribution >= 0.6 is 59.9 Å². The van der Waals surface area contributed by atoms with Crippen LogP contribution in [0, 0.1) is 18.4 Å². The zero-order chi connectivity index (χ0) is 28.5. The van der Waals surface area contributed by atoms with Crippen LogP contribution in [0.1, 0.15) is 95.9 Å². The zero-order valence-electron chi connectivity index (χ0n) is 24.4. The van der Waals surface area contributed by atoms with Gasteiger partial charge in [0.05, 0.1) is 0 Å². The van der Waals surface area contributed by atoms with Gasteiger partial charge in [-0.2, -0.15) is 42.8 Å². The Bertz CT molecular complexity index is 421. The molecule has 1 rings (SSSR count). The van der Waals surface area contributed by atoms with E-state index in [9.17, 15) is 9.59 Å². The van der Waals surface area contributed by atoms with Crippen molar-refractivity contribution in [2.24, 2.45) is 5.41 Å². The molecule has 8 heteroatoms. The Morgan fingerprint density at radius 2 is 1.12 bits per heavy atom. The second-order valence-corrected chi connectivity index (χ2v) is 41.1. The van der Waals surface area contributed by atoms with E-state index < -0.39 is 0 Å². The summed E-state index contributed by atoms with van der Waals surface area (Å²) in [4.78, 5) is 22.1. The number of halogens is 3. The Balaban J connectivity index is -0.0000000406. The van der Waals surface area contributed by atoms with Gasteiger partial charge >= 0.3 is 64.9 Å². The van der Waals surface area contributed by atoms with Crippen molar-refractivity contribution in [2.75, 3.05) is 14.1 Å². The van der Waals surface area contributed by atoms with Gasteiger partial charge in [-0.15, -0.1) is 0 Å². The quantitative estimate of drug-likeness (QED) is 0.224. The Morgan fingerprint density at radius 1 is 0.853 bits per heavy atom. The van der Waals surface area contributed by atoms with Crippen LogP contribution in [0.5, 0.6) is 0 Å². The van der Waals surface area contributed by atoms with Gasteiger partial charge in [0.1, 0.15) is 5.78 Å². The molecule has 205 valence electrons. The van der Waals surface area contributed by atoms with E-state index in [1.807, 2.05) is 99.6 Å². The molecule has 0 spiro atoms. The van der Waals surface area contributed by atoms with Crippen LogP contribution in [-0.2, 0) is 47.2 Å². The number of ketones is 1. The number of carbonyl (C=O) groups excluding carboxylic acids is 2. The number of carbonyl (C=O) groups is 2. The number of rotatable bonds is 3. The first kappa shape index (κ1) is 56.4. The number of hydrogen-bond acceptors (Lipinski definition) is 2. The topological polar surface area (TPSA) is 37.4 Å². The molecule has 0 atom stereocenters.